The van der Waals surface area contributed by atoms with Gasteiger partial charge in [0.25, 0.3) is 0 Å². The Labute approximate surface area is 117 Å². The summed E-state index contributed by atoms with van der Waals surface area (Å²) in [5.74, 6) is -2.58. The number of carbonyl (C=O) groups excluding carboxylic acids is 1. The zero-order chi connectivity index (χ0) is 14.5. The second kappa shape index (κ2) is 11.9. The number of hydrogen-bond donors (Lipinski definition) is 1. The number of carboxylic acids is 1. The molecule has 0 aliphatic rings. The maximum Gasteiger partial charge on any atom is 0.372 e. The van der Waals surface area contributed by atoms with E-state index in [0.29, 0.717) is 0 Å². The van der Waals surface area contributed by atoms with Gasteiger partial charge in [-0.1, -0.05) is 70.9 Å². The molecular weight excluding hydrogens is 240 g/mol. The van der Waals surface area contributed by atoms with Gasteiger partial charge in [-0.25, -0.2) is 4.79 Å². The summed E-state index contributed by atoms with van der Waals surface area (Å²) in [6, 6.07) is 0. The van der Waals surface area contributed by atoms with Gasteiger partial charge in [0.1, 0.15) is 0 Å². The molecule has 0 amide bonds. The zero-order valence-corrected chi connectivity index (χ0v) is 12.4. The Morgan fingerprint density at radius 1 is 1.00 bits per heavy atom. The van der Waals surface area contributed by atoms with Crippen molar-refractivity contribution in [2.24, 2.45) is 5.92 Å². The fourth-order valence-corrected chi connectivity index (χ4v) is 1.98. The number of carboxylic acid groups (broad SMARTS) is 1. The molecule has 0 saturated heterocycles. The smallest absolute Gasteiger partial charge is 0.372 e. The van der Waals surface area contributed by atoms with Crippen molar-refractivity contribution in [3.05, 3.63) is 12.2 Å². The number of rotatable bonds is 12. The number of hydrogen-bond acceptors (Lipinski definition) is 2. The van der Waals surface area contributed by atoms with Gasteiger partial charge in [-0.15, -0.1) is 0 Å². The molecule has 0 aromatic heterocycles. The van der Waals surface area contributed by atoms with Crippen molar-refractivity contribution in [2.45, 2.75) is 71.6 Å². The molecule has 3 heteroatoms. The molecule has 1 atom stereocenters. The molecule has 3 nitrogen and oxygen atoms in total. The lowest BCUT2D eigenvalue weighted by atomic mass is 10.0. The van der Waals surface area contributed by atoms with Gasteiger partial charge in [0.15, 0.2) is 0 Å². The number of unbranched alkanes of at least 4 members (excludes halogenated alkanes) is 8. The minimum atomic E-state index is -1.34. The molecule has 0 radical (unpaired) electrons. The standard InChI is InChI=1S/C16H28O3/c1-3-4-5-6-7-8-9-10-11-12-13-14(2)15(17)16(18)19/h12-14H,3-11H2,1-2H3,(H,18,19). The van der Waals surface area contributed by atoms with Gasteiger partial charge >= 0.3 is 5.97 Å². The average Bonchev–Trinajstić information content (AvgIpc) is 2.39. The van der Waals surface area contributed by atoms with Gasteiger partial charge < -0.3 is 5.11 Å². The lowest BCUT2D eigenvalue weighted by Gasteiger charge is -2.01. The van der Waals surface area contributed by atoms with Crippen LogP contribution in [0.1, 0.15) is 71.6 Å². The van der Waals surface area contributed by atoms with Crippen molar-refractivity contribution in [1.82, 2.24) is 0 Å². The highest BCUT2D eigenvalue weighted by atomic mass is 16.4. The summed E-state index contributed by atoms with van der Waals surface area (Å²) in [7, 11) is 0. The van der Waals surface area contributed by atoms with Crippen molar-refractivity contribution < 1.29 is 14.7 Å². The highest BCUT2D eigenvalue weighted by Crippen LogP contribution is 2.10. The third-order valence-corrected chi connectivity index (χ3v) is 3.27. The van der Waals surface area contributed by atoms with Crippen molar-refractivity contribution in [3.63, 3.8) is 0 Å². The summed E-state index contributed by atoms with van der Waals surface area (Å²) in [4.78, 5) is 21.5. The van der Waals surface area contributed by atoms with E-state index < -0.39 is 17.7 Å². The maximum atomic E-state index is 11.1. The summed E-state index contributed by atoms with van der Waals surface area (Å²) in [6.45, 7) is 3.85. The topological polar surface area (TPSA) is 54.4 Å². The Hall–Kier alpha value is -1.12. The molecular formula is C16H28O3. The molecule has 0 aromatic rings. The van der Waals surface area contributed by atoms with E-state index in [9.17, 15) is 9.59 Å². The van der Waals surface area contributed by atoms with Crippen molar-refractivity contribution in [2.75, 3.05) is 0 Å². The molecule has 0 heterocycles. The van der Waals surface area contributed by atoms with Crippen LogP contribution in [0.25, 0.3) is 0 Å². The summed E-state index contributed by atoms with van der Waals surface area (Å²) < 4.78 is 0. The minimum Gasteiger partial charge on any atom is -0.475 e. The predicted molar refractivity (Wildman–Crippen MR) is 78.2 cm³/mol. The summed E-state index contributed by atoms with van der Waals surface area (Å²) in [5.41, 5.74) is 0. The van der Waals surface area contributed by atoms with E-state index >= 15 is 0 Å². The highest BCUT2D eigenvalue weighted by molar-refractivity contribution is 6.33. The van der Waals surface area contributed by atoms with Crippen LogP contribution in [0.15, 0.2) is 12.2 Å². The van der Waals surface area contributed by atoms with Crippen LogP contribution in [0, 0.1) is 5.92 Å². The quantitative estimate of drug-likeness (QED) is 0.325. The lowest BCUT2D eigenvalue weighted by molar-refractivity contribution is -0.150. The monoisotopic (exact) mass is 268 g/mol. The third-order valence-electron chi connectivity index (χ3n) is 3.27. The van der Waals surface area contributed by atoms with E-state index in [1.54, 1.807) is 13.0 Å². The van der Waals surface area contributed by atoms with Crippen LogP contribution in [0.5, 0.6) is 0 Å². The minimum absolute atomic E-state index is 0.508. The average molecular weight is 268 g/mol. The predicted octanol–water partition coefficient (Wildman–Crippen LogP) is 4.36. The van der Waals surface area contributed by atoms with E-state index in [1.807, 2.05) is 6.08 Å². The SMILES string of the molecule is CCCCCCCCCCC=CC(C)C(=O)C(=O)O. The largest absolute Gasteiger partial charge is 0.475 e. The summed E-state index contributed by atoms with van der Waals surface area (Å²) in [6.07, 6.45) is 14.8. The molecule has 0 aliphatic heterocycles. The second-order valence-electron chi connectivity index (χ2n) is 5.15. The Morgan fingerprint density at radius 2 is 1.53 bits per heavy atom. The molecule has 0 fully saturated rings. The van der Waals surface area contributed by atoms with Gasteiger partial charge in [0, 0.05) is 5.92 Å². The molecule has 0 aromatic carbocycles. The van der Waals surface area contributed by atoms with Gasteiger partial charge in [-0.05, 0) is 12.8 Å². The van der Waals surface area contributed by atoms with E-state index in [2.05, 4.69) is 6.92 Å². The fraction of sp³-hybridized carbons (Fsp3) is 0.750. The number of aliphatic carboxylic acids is 1. The first-order valence-electron chi connectivity index (χ1n) is 7.53. The highest BCUT2D eigenvalue weighted by Gasteiger charge is 2.16. The van der Waals surface area contributed by atoms with Crippen molar-refractivity contribution in [3.8, 4) is 0 Å². The number of carbonyl (C=O) groups is 2. The molecule has 0 rings (SSSR count). The Kier molecular flexibility index (Phi) is 11.2. The van der Waals surface area contributed by atoms with Gasteiger partial charge in [-0.3, -0.25) is 4.79 Å². The third kappa shape index (κ3) is 10.5. The molecule has 110 valence electrons. The van der Waals surface area contributed by atoms with E-state index in [4.69, 9.17) is 5.11 Å². The van der Waals surface area contributed by atoms with Crippen LogP contribution in [-0.2, 0) is 9.59 Å². The number of ketones is 1. The zero-order valence-electron chi connectivity index (χ0n) is 12.4. The van der Waals surface area contributed by atoms with Crippen LogP contribution in [0.2, 0.25) is 0 Å². The second-order valence-corrected chi connectivity index (χ2v) is 5.15. The Morgan fingerprint density at radius 3 is 2.05 bits per heavy atom. The fourth-order valence-electron chi connectivity index (χ4n) is 1.98. The maximum absolute atomic E-state index is 11.1. The first kappa shape index (κ1) is 17.9. The molecule has 0 spiro atoms. The first-order chi connectivity index (χ1) is 9.09. The van der Waals surface area contributed by atoms with Crippen LogP contribution in [0.4, 0.5) is 0 Å². The van der Waals surface area contributed by atoms with E-state index in [-0.39, 0.29) is 0 Å². The normalized spacial score (nSPS) is 12.7. The van der Waals surface area contributed by atoms with Gasteiger partial charge in [0.05, 0.1) is 0 Å². The summed E-state index contributed by atoms with van der Waals surface area (Å²) in [5, 5.41) is 8.53. The van der Waals surface area contributed by atoms with Crippen LogP contribution >= 0.6 is 0 Å². The van der Waals surface area contributed by atoms with E-state index in [1.165, 1.54) is 44.9 Å². The van der Waals surface area contributed by atoms with E-state index in [0.717, 1.165) is 12.8 Å². The Balaban J connectivity index is 3.43. The molecule has 19 heavy (non-hydrogen) atoms. The van der Waals surface area contributed by atoms with Crippen LogP contribution in [0.3, 0.4) is 0 Å². The van der Waals surface area contributed by atoms with Crippen LogP contribution < -0.4 is 0 Å². The van der Waals surface area contributed by atoms with Crippen LogP contribution in [-0.4, -0.2) is 16.9 Å². The molecule has 1 N–H and O–H groups in total. The van der Waals surface area contributed by atoms with Crippen molar-refractivity contribution >= 4 is 11.8 Å². The molecule has 0 saturated carbocycles. The van der Waals surface area contributed by atoms with Gasteiger partial charge in [-0.2, -0.15) is 0 Å². The first-order valence-corrected chi connectivity index (χ1v) is 7.53. The van der Waals surface area contributed by atoms with Crippen molar-refractivity contribution in [1.29, 1.82) is 0 Å². The number of Topliss-reactive ketones (excluding diaryl/α,β-unsaturated/α-hetero) is 1. The molecule has 1 unspecified atom stereocenters. The summed E-state index contributed by atoms with van der Waals surface area (Å²) >= 11 is 0. The lowest BCUT2D eigenvalue weighted by Crippen LogP contribution is -2.19. The molecule has 0 bridgehead atoms. The Bertz CT molecular complexity index is 282. The van der Waals surface area contributed by atoms with Gasteiger partial charge in [0.2, 0.25) is 5.78 Å². The number of allylic oxidation sites excluding steroid dienone is 2. The molecule has 0 aliphatic carbocycles.